The third kappa shape index (κ3) is 5.15. The Kier molecular flexibility index (Phi) is 7.47. The molecule has 2 amide bonds. The largest absolute Gasteiger partial charge is 0.496 e. The van der Waals surface area contributed by atoms with Crippen LogP contribution in [0.3, 0.4) is 0 Å². The van der Waals surface area contributed by atoms with E-state index in [-0.39, 0.29) is 42.3 Å². The molecule has 0 spiro atoms. The van der Waals surface area contributed by atoms with Gasteiger partial charge in [-0.2, -0.15) is 0 Å². The zero-order valence-electron chi connectivity index (χ0n) is 21.0. The number of amides is 2. The molecule has 0 saturated carbocycles. The third-order valence-electron chi connectivity index (χ3n) is 6.62. The van der Waals surface area contributed by atoms with Crippen LogP contribution in [0.5, 0.6) is 11.5 Å². The second-order valence-corrected chi connectivity index (χ2v) is 8.86. The molecular weight excluding hydrogens is 462 g/mol. The van der Waals surface area contributed by atoms with E-state index in [1.807, 2.05) is 44.2 Å². The molecule has 0 unspecified atom stereocenters. The van der Waals surface area contributed by atoms with E-state index >= 15 is 0 Å². The summed E-state index contributed by atoms with van der Waals surface area (Å²) in [7, 11) is 3.12. The van der Waals surface area contributed by atoms with Gasteiger partial charge in [-0.3, -0.25) is 14.4 Å². The van der Waals surface area contributed by atoms with E-state index in [1.54, 1.807) is 33.7 Å². The maximum absolute atomic E-state index is 13.6. The summed E-state index contributed by atoms with van der Waals surface area (Å²) in [6.45, 7) is 4.70. The molecule has 190 valence electrons. The first-order valence-electron chi connectivity index (χ1n) is 11.9. The second kappa shape index (κ2) is 10.7. The average Bonchev–Trinajstić information content (AvgIpc) is 3.33. The van der Waals surface area contributed by atoms with Gasteiger partial charge in [0.25, 0.3) is 17.4 Å². The number of fused-ring (bicyclic) bond motifs is 1. The van der Waals surface area contributed by atoms with Crippen molar-refractivity contribution in [3.8, 4) is 11.5 Å². The van der Waals surface area contributed by atoms with Crippen LogP contribution in [0.15, 0.2) is 57.9 Å². The number of hydrogen-bond acceptors (Lipinski definition) is 6. The number of benzene rings is 1. The van der Waals surface area contributed by atoms with Crippen LogP contribution in [-0.2, 0) is 17.8 Å². The fourth-order valence-electron chi connectivity index (χ4n) is 4.33. The summed E-state index contributed by atoms with van der Waals surface area (Å²) in [5, 5.41) is 0. The lowest BCUT2D eigenvalue weighted by molar-refractivity contribution is -0.133. The van der Waals surface area contributed by atoms with Gasteiger partial charge in [0.05, 0.1) is 19.4 Å². The summed E-state index contributed by atoms with van der Waals surface area (Å²) in [5.74, 6) is 1.02. The maximum atomic E-state index is 13.6. The molecule has 3 aromatic rings. The topological polar surface area (TPSA) is 94.2 Å². The smallest absolute Gasteiger partial charge is 0.260 e. The van der Waals surface area contributed by atoms with Gasteiger partial charge in [-0.25, -0.2) is 0 Å². The minimum absolute atomic E-state index is 0.104. The van der Waals surface area contributed by atoms with Crippen molar-refractivity contribution in [2.24, 2.45) is 0 Å². The van der Waals surface area contributed by atoms with Crippen LogP contribution in [0.25, 0.3) is 0 Å². The Hall–Kier alpha value is -4.01. The Balaban J connectivity index is 1.55. The molecule has 2 aromatic heterocycles. The van der Waals surface area contributed by atoms with Crippen LogP contribution in [0, 0.1) is 6.92 Å². The van der Waals surface area contributed by atoms with Crippen LogP contribution in [0.2, 0.25) is 0 Å². The van der Waals surface area contributed by atoms with Crippen LogP contribution < -0.4 is 15.0 Å². The molecule has 0 bridgehead atoms. The van der Waals surface area contributed by atoms with Gasteiger partial charge in [-0.15, -0.1) is 0 Å². The first-order chi connectivity index (χ1) is 17.3. The molecule has 4 rings (SSSR count). The zero-order chi connectivity index (χ0) is 25.8. The highest BCUT2D eigenvalue weighted by Gasteiger charge is 2.30. The molecule has 36 heavy (non-hydrogen) atoms. The Labute approximate surface area is 209 Å². The Morgan fingerprint density at radius 3 is 2.56 bits per heavy atom. The summed E-state index contributed by atoms with van der Waals surface area (Å²) in [6.07, 6.45) is 1.89. The van der Waals surface area contributed by atoms with E-state index in [0.717, 1.165) is 5.56 Å². The molecule has 1 atom stereocenters. The number of aryl methyl sites for hydroxylation is 1. The highest BCUT2D eigenvalue weighted by molar-refractivity contribution is 5.98. The summed E-state index contributed by atoms with van der Waals surface area (Å²) < 4.78 is 18.2. The van der Waals surface area contributed by atoms with Crippen molar-refractivity contribution in [1.29, 1.82) is 0 Å². The number of methoxy groups -OCH3 is 1. The summed E-state index contributed by atoms with van der Waals surface area (Å²) in [6, 6.07) is 12.1. The molecule has 1 aliphatic heterocycles. The fourth-order valence-corrected chi connectivity index (χ4v) is 4.33. The van der Waals surface area contributed by atoms with Crippen molar-refractivity contribution in [3.63, 3.8) is 0 Å². The van der Waals surface area contributed by atoms with Gasteiger partial charge >= 0.3 is 0 Å². The van der Waals surface area contributed by atoms with Crippen LogP contribution >= 0.6 is 0 Å². The molecule has 9 heteroatoms. The Morgan fingerprint density at radius 2 is 1.89 bits per heavy atom. The molecular formula is C27H31N3O6. The summed E-state index contributed by atoms with van der Waals surface area (Å²) >= 11 is 0. The SMILES string of the molecule is COc1cc(=O)n2c(c1C(=O)N(C)[C@H](C)c1ccco1)CCN(C(=O)COc1ccc(C)cc1)CC2. The predicted molar refractivity (Wildman–Crippen MR) is 133 cm³/mol. The minimum Gasteiger partial charge on any atom is -0.496 e. The first kappa shape index (κ1) is 25.1. The van der Waals surface area contributed by atoms with Gasteiger partial charge in [-0.1, -0.05) is 17.7 Å². The van der Waals surface area contributed by atoms with E-state index in [9.17, 15) is 14.4 Å². The van der Waals surface area contributed by atoms with E-state index in [1.165, 1.54) is 13.2 Å². The zero-order valence-corrected chi connectivity index (χ0v) is 21.0. The second-order valence-electron chi connectivity index (χ2n) is 8.86. The van der Waals surface area contributed by atoms with E-state index in [2.05, 4.69) is 0 Å². The van der Waals surface area contributed by atoms with Gasteiger partial charge in [0.2, 0.25) is 0 Å². The van der Waals surface area contributed by atoms with Crippen LogP contribution in [0.1, 0.15) is 40.3 Å². The number of rotatable bonds is 7. The average molecular weight is 494 g/mol. The molecule has 0 fully saturated rings. The standard InChI is InChI=1S/C27H31N3O6/c1-18-7-9-20(10-8-18)36-17-25(32)29-12-11-21-26(23(34-4)16-24(31)30(21)14-13-29)27(33)28(3)19(2)22-6-5-15-35-22/h5-10,15-16,19H,11-14,17H2,1-4H3/t19-/m1/s1. The molecule has 0 radical (unpaired) electrons. The number of pyridine rings is 1. The molecule has 1 aromatic carbocycles. The number of hydrogen-bond donors (Lipinski definition) is 0. The van der Waals surface area contributed by atoms with E-state index in [4.69, 9.17) is 13.9 Å². The normalized spacial score (nSPS) is 13.9. The lowest BCUT2D eigenvalue weighted by atomic mass is 10.1. The molecule has 3 heterocycles. The summed E-state index contributed by atoms with van der Waals surface area (Å²) in [4.78, 5) is 42.7. The maximum Gasteiger partial charge on any atom is 0.260 e. The van der Waals surface area contributed by atoms with Crippen molar-refractivity contribution < 1.29 is 23.5 Å². The molecule has 0 N–H and O–H groups in total. The van der Waals surface area contributed by atoms with Gasteiger partial charge in [0.1, 0.15) is 22.8 Å². The number of carbonyl (C=O) groups is 2. The van der Waals surface area contributed by atoms with Gasteiger partial charge in [0, 0.05) is 44.9 Å². The predicted octanol–water partition coefficient (Wildman–Crippen LogP) is 3.06. The lowest BCUT2D eigenvalue weighted by Crippen LogP contribution is -2.37. The number of ether oxygens (including phenoxy) is 2. The van der Waals surface area contributed by atoms with Crippen molar-refractivity contribution in [3.05, 3.63) is 81.7 Å². The van der Waals surface area contributed by atoms with E-state index < -0.39 is 0 Å². The summed E-state index contributed by atoms with van der Waals surface area (Å²) in [5.41, 5.74) is 1.71. The number of carbonyl (C=O) groups excluding carboxylic acids is 2. The quantitative estimate of drug-likeness (QED) is 0.502. The van der Waals surface area contributed by atoms with Crippen molar-refractivity contribution in [1.82, 2.24) is 14.4 Å². The fraction of sp³-hybridized carbons (Fsp3) is 0.370. The highest BCUT2D eigenvalue weighted by atomic mass is 16.5. The van der Waals surface area contributed by atoms with Gasteiger partial charge < -0.3 is 28.3 Å². The Morgan fingerprint density at radius 1 is 1.14 bits per heavy atom. The van der Waals surface area contributed by atoms with Crippen LogP contribution in [0.4, 0.5) is 0 Å². The van der Waals surface area contributed by atoms with Crippen molar-refractivity contribution in [2.45, 2.75) is 32.9 Å². The van der Waals surface area contributed by atoms with Crippen molar-refractivity contribution in [2.75, 3.05) is 33.9 Å². The third-order valence-corrected chi connectivity index (χ3v) is 6.62. The number of furan rings is 1. The van der Waals surface area contributed by atoms with E-state index in [0.29, 0.717) is 42.3 Å². The number of aromatic nitrogens is 1. The first-order valence-corrected chi connectivity index (χ1v) is 11.9. The molecule has 0 aliphatic carbocycles. The minimum atomic E-state index is -0.326. The highest BCUT2D eigenvalue weighted by Crippen LogP contribution is 2.28. The van der Waals surface area contributed by atoms with Gasteiger partial charge in [-0.05, 0) is 38.1 Å². The number of nitrogens with zero attached hydrogens (tertiary/aromatic N) is 3. The molecule has 0 saturated heterocycles. The molecule has 1 aliphatic rings. The van der Waals surface area contributed by atoms with Crippen LogP contribution in [-0.4, -0.2) is 60.0 Å². The lowest BCUT2D eigenvalue weighted by Gasteiger charge is -2.26. The Bertz CT molecular complexity index is 1280. The monoisotopic (exact) mass is 493 g/mol. The molecule has 9 nitrogen and oxygen atoms in total. The van der Waals surface area contributed by atoms with Gasteiger partial charge in [0.15, 0.2) is 6.61 Å². The van der Waals surface area contributed by atoms with Crippen molar-refractivity contribution >= 4 is 11.8 Å².